The van der Waals surface area contributed by atoms with Gasteiger partial charge in [0.2, 0.25) is 5.82 Å². The molecule has 3 N–H and O–H groups in total. The van der Waals surface area contributed by atoms with Gasteiger partial charge in [0.05, 0.1) is 16.8 Å². The number of aryl methyl sites for hydroxylation is 1. The van der Waals surface area contributed by atoms with Gasteiger partial charge in [-0.05, 0) is 48.4 Å². The van der Waals surface area contributed by atoms with Gasteiger partial charge in [0.1, 0.15) is 5.82 Å². The number of carbonyl (C=O) groups excluding carboxylic acids is 1. The maximum absolute atomic E-state index is 13.5. The maximum Gasteiger partial charge on any atom is 0.250 e. The Hall–Kier alpha value is -4.01. The van der Waals surface area contributed by atoms with Gasteiger partial charge in [-0.2, -0.15) is 0 Å². The molecule has 0 atom stereocenters. The van der Waals surface area contributed by atoms with Crippen LogP contribution in [0.15, 0.2) is 48.7 Å². The molecule has 0 saturated carbocycles. The van der Waals surface area contributed by atoms with E-state index in [1.165, 1.54) is 12.1 Å². The van der Waals surface area contributed by atoms with Crippen LogP contribution in [-0.4, -0.2) is 39.6 Å². The largest absolute Gasteiger partial charge is 0.366 e. The summed E-state index contributed by atoms with van der Waals surface area (Å²) < 4.78 is 15.4. The third-order valence-corrected chi connectivity index (χ3v) is 4.92. The second kappa shape index (κ2) is 8.02. The molecule has 0 aliphatic carbocycles. The lowest BCUT2D eigenvalue weighted by Crippen LogP contribution is -2.17. The van der Waals surface area contributed by atoms with Crippen molar-refractivity contribution in [2.45, 2.75) is 13.5 Å². The van der Waals surface area contributed by atoms with Crippen molar-refractivity contribution < 1.29 is 9.18 Å². The molecule has 1 amide bonds. The topological polar surface area (TPSA) is 101 Å². The predicted molar refractivity (Wildman–Crippen MR) is 118 cm³/mol. The Morgan fingerprint density at radius 1 is 1.19 bits per heavy atom. The molecule has 9 heteroatoms. The Bertz CT molecular complexity index is 1280. The van der Waals surface area contributed by atoms with Crippen molar-refractivity contribution in [3.63, 3.8) is 0 Å². The molecule has 31 heavy (non-hydrogen) atoms. The van der Waals surface area contributed by atoms with Crippen molar-refractivity contribution in [2.75, 3.05) is 24.3 Å². The van der Waals surface area contributed by atoms with Gasteiger partial charge in [-0.3, -0.25) is 4.79 Å². The summed E-state index contributed by atoms with van der Waals surface area (Å²) in [5, 5.41) is 11.9. The van der Waals surface area contributed by atoms with Gasteiger partial charge in [-0.15, -0.1) is 10.2 Å². The Kier molecular flexibility index (Phi) is 5.24. The monoisotopic (exact) mass is 419 g/mol. The van der Waals surface area contributed by atoms with E-state index in [9.17, 15) is 9.18 Å². The molecule has 4 aromatic rings. The number of aromatic nitrogens is 4. The van der Waals surface area contributed by atoms with Gasteiger partial charge in [0.15, 0.2) is 11.6 Å². The first-order chi connectivity index (χ1) is 14.8. The number of nitrogens with zero attached hydrogens (tertiary/aromatic N) is 5. The number of benzene rings is 1. The zero-order valence-electron chi connectivity index (χ0n) is 17.4. The fraction of sp³-hybridized carbons (Fsp3) is 0.182. The number of nitrogens with one attached hydrogen (secondary N) is 1. The molecule has 0 aliphatic rings. The number of halogens is 1. The normalized spacial score (nSPS) is 11.0. The van der Waals surface area contributed by atoms with Gasteiger partial charge in [-0.25, -0.2) is 9.37 Å². The van der Waals surface area contributed by atoms with E-state index >= 15 is 0 Å². The van der Waals surface area contributed by atoms with Crippen molar-refractivity contribution in [1.82, 2.24) is 19.6 Å². The standard InChI is InChI=1S/C22H22FN7O/c1-13-10-17-16(19(24)31)8-5-9-30(17)18(13)20-26-21(22(28-27-20)29(2)3)25-12-14-6-4-7-15(23)11-14/h4-11H,12H2,1-3H3,(H2,24,31)(H,25,26,27). The first kappa shape index (κ1) is 20.3. The highest BCUT2D eigenvalue weighted by molar-refractivity contribution is 6.00. The fourth-order valence-electron chi connectivity index (χ4n) is 3.49. The summed E-state index contributed by atoms with van der Waals surface area (Å²) >= 11 is 0. The third-order valence-electron chi connectivity index (χ3n) is 4.92. The van der Waals surface area contributed by atoms with Gasteiger partial charge in [0.25, 0.3) is 5.91 Å². The molecule has 0 unspecified atom stereocenters. The van der Waals surface area contributed by atoms with Crippen molar-refractivity contribution in [1.29, 1.82) is 0 Å². The number of rotatable bonds is 6. The van der Waals surface area contributed by atoms with E-state index in [0.29, 0.717) is 40.8 Å². The Morgan fingerprint density at radius 2 is 2.00 bits per heavy atom. The molecule has 0 radical (unpaired) electrons. The molecule has 0 spiro atoms. The molecule has 3 aromatic heterocycles. The summed E-state index contributed by atoms with van der Waals surface area (Å²) in [6.07, 6.45) is 1.83. The van der Waals surface area contributed by atoms with Crippen LogP contribution in [0.3, 0.4) is 0 Å². The summed E-state index contributed by atoms with van der Waals surface area (Å²) in [6, 6.07) is 11.7. The predicted octanol–water partition coefficient (Wildman–Crippen LogP) is 3.02. The average Bonchev–Trinajstić information content (AvgIpc) is 3.07. The highest BCUT2D eigenvalue weighted by Crippen LogP contribution is 2.29. The third kappa shape index (κ3) is 3.89. The van der Waals surface area contributed by atoms with Crippen LogP contribution in [0.1, 0.15) is 21.5 Å². The SMILES string of the molecule is Cc1cc2c(C(N)=O)cccn2c1-c1nnc(N(C)C)c(NCc2cccc(F)c2)n1. The van der Waals surface area contributed by atoms with E-state index in [-0.39, 0.29) is 5.82 Å². The number of hydrogen-bond acceptors (Lipinski definition) is 6. The van der Waals surface area contributed by atoms with E-state index in [4.69, 9.17) is 10.7 Å². The Balaban J connectivity index is 1.78. The lowest BCUT2D eigenvalue weighted by molar-refractivity contribution is 0.100. The number of amides is 1. The quantitative estimate of drug-likeness (QED) is 0.498. The van der Waals surface area contributed by atoms with Crippen LogP contribution in [0, 0.1) is 12.7 Å². The first-order valence-corrected chi connectivity index (χ1v) is 9.66. The van der Waals surface area contributed by atoms with Crippen LogP contribution < -0.4 is 16.0 Å². The zero-order valence-corrected chi connectivity index (χ0v) is 17.4. The lowest BCUT2D eigenvalue weighted by Gasteiger charge is -2.16. The van der Waals surface area contributed by atoms with Crippen molar-refractivity contribution >= 4 is 23.1 Å². The second-order valence-electron chi connectivity index (χ2n) is 7.40. The number of fused-ring (bicyclic) bond motifs is 1. The smallest absolute Gasteiger partial charge is 0.250 e. The number of carbonyl (C=O) groups is 1. The molecular formula is C22H22FN7O. The van der Waals surface area contributed by atoms with Crippen LogP contribution in [0.5, 0.6) is 0 Å². The second-order valence-corrected chi connectivity index (χ2v) is 7.40. The summed E-state index contributed by atoms with van der Waals surface area (Å²) in [5.41, 5.74) is 8.99. The molecule has 1 aromatic carbocycles. The number of pyridine rings is 1. The molecule has 158 valence electrons. The van der Waals surface area contributed by atoms with E-state index in [0.717, 1.165) is 11.1 Å². The molecular weight excluding hydrogens is 397 g/mol. The summed E-state index contributed by atoms with van der Waals surface area (Å²) in [5.74, 6) is 0.658. The molecule has 0 bridgehead atoms. The van der Waals surface area contributed by atoms with Crippen molar-refractivity contribution in [3.05, 3.63) is 71.2 Å². The van der Waals surface area contributed by atoms with E-state index in [1.54, 1.807) is 23.1 Å². The van der Waals surface area contributed by atoms with Gasteiger partial charge >= 0.3 is 0 Å². The highest BCUT2D eigenvalue weighted by atomic mass is 19.1. The van der Waals surface area contributed by atoms with Crippen LogP contribution >= 0.6 is 0 Å². The Labute approximate surface area is 178 Å². The molecule has 3 heterocycles. The van der Waals surface area contributed by atoms with Crippen LogP contribution in [-0.2, 0) is 6.54 Å². The van der Waals surface area contributed by atoms with Crippen LogP contribution in [0.25, 0.3) is 17.0 Å². The number of hydrogen-bond donors (Lipinski definition) is 2. The van der Waals surface area contributed by atoms with E-state index in [1.807, 2.05) is 43.7 Å². The number of primary amides is 1. The zero-order chi connectivity index (χ0) is 22.1. The van der Waals surface area contributed by atoms with Crippen LogP contribution in [0.2, 0.25) is 0 Å². The highest BCUT2D eigenvalue weighted by Gasteiger charge is 2.19. The minimum absolute atomic E-state index is 0.297. The molecule has 4 rings (SSSR count). The molecule has 0 aliphatic heterocycles. The fourth-order valence-corrected chi connectivity index (χ4v) is 3.49. The van der Waals surface area contributed by atoms with E-state index < -0.39 is 5.91 Å². The van der Waals surface area contributed by atoms with E-state index in [2.05, 4.69) is 15.5 Å². The molecule has 0 fully saturated rings. The van der Waals surface area contributed by atoms with Crippen molar-refractivity contribution in [2.24, 2.45) is 5.73 Å². The average molecular weight is 419 g/mol. The minimum Gasteiger partial charge on any atom is -0.366 e. The minimum atomic E-state index is -0.505. The molecule has 8 nitrogen and oxygen atoms in total. The number of nitrogens with two attached hydrogens (primary N) is 1. The number of anilines is 2. The molecule has 0 saturated heterocycles. The van der Waals surface area contributed by atoms with Crippen LogP contribution in [0.4, 0.5) is 16.0 Å². The lowest BCUT2D eigenvalue weighted by atomic mass is 10.2. The van der Waals surface area contributed by atoms with Crippen molar-refractivity contribution in [3.8, 4) is 11.5 Å². The van der Waals surface area contributed by atoms with Gasteiger partial charge in [0, 0.05) is 26.8 Å². The Morgan fingerprint density at radius 3 is 2.71 bits per heavy atom. The summed E-state index contributed by atoms with van der Waals surface area (Å²) in [6.45, 7) is 2.28. The van der Waals surface area contributed by atoms with Gasteiger partial charge < -0.3 is 20.4 Å². The summed E-state index contributed by atoms with van der Waals surface area (Å²) in [4.78, 5) is 18.3. The summed E-state index contributed by atoms with van der Waals surface area (Å²) in [7, 11) is 3.69. The maximum atomic E-state index is 13.5. The first-order valence-electron chi connectivity index (χ1n) is 9.66. The van der Waals surface area contributed by atoms with Gasteiger partial charge in [-0.1, -0.05) is 12.1 Å².